The zero-order valence-electron chi connectivity index (χ0n) is 23.4. The number of aliphatic hydroxyl groups is 3. The Morgan fingerprint density at radius 2 is 1.79 bits per heavy atom. The van der Waals surface area contributed by atoms with Crippen LogP contribution in [0.5, 0.6) is 11.5 Å². The molecule has 1 saturated carbocycles. The highest BCUT2D eigenvalue weighted by atomic mass is 19.4. The third kappa shape index (κ3) is 11.5. The number of allylic oxidation sites excluding steroid dienone is 2. The summed E-state index contributed by atoms with van der Waals surface area (Å²) < 4.78 is 49.2. The van der Waals surface area contributed by atoms with E-state index in [9.17, 15) is 43.4 Å². The van der Waals surface area contributed by atoms with Gasteiger partial charge in [-0.1, -0.05) is 30.4 Å². The zero-order valence-corrected chi connectivity index (χ0v) is 23.4. The summed E-state index contributed by atoms with van der Waals surface area (Å²) in [6, 6.07) is 10.6. The number of hydrogen-bond donors (Lipinski definition) is 3. The number of unbranched alkanes of at least 4 members (excludes halogenated alkanes) is 1. The van der Waals surface area contributed by atoms with E-state index in [0.717, 1.165) is 12.1 Å². The molecule has 5 atom stereocenters. The lowest BCUT2D eigenvalue weighted by molar-refractivity contribution is -0.763. The summed E-state index contributed by atoms with van der Waals surface area (Å²) in [5, 5.41) is 40.6. The zero-order chi connectivity index (χ0) is 31.4. The number of esters is 1. The summed E-state index contributed by atoms with van der Waals surface area (Å²) >= 11 is 0. The Bertz CT molecular complexity index is 1210. The topological polar surface area (TPSA) is 149 Å². The molecular weight excluding hydrogens is 575 g/mol. The predicted octanol–water partition coefficient (Wildman–Crippen LogP) is 5.01. The van der Waals surface area contributed by atoms with Crippen LogP contribution in [-0.4, -0.2) is 51.3 Å². The average Bonchev–Trinajstić information content (AvgIpc) is 3.23. The Morgan fingerprint density at radius 1 is 1.07 bits per heavy atom. The van der Waals surface area contributed by atoms with Crippen LogP contribution in [0.25, 0.3) is 0 Å². The van der Waals surface area contributed by atoms with Crippen LogP contribution >= 0.6 is 0 Å². The van der Waals surface area contributed by atoms with Gasteiger partial charge in [0.15, 0.2) is 0 Å². The molecule has 3 rings (SSSR count). The molecule has 13 heteroatoms. The minimum absolute atomic E-state index is 0.00178. The van der Waals surface area contributed by atoms with Crippen LogP contribution in [0.2, 0.25) is 0 Å². The lowest BCUT2D eigenvalue weighted by Gasteiger charge is -2.23. The van der Waals surface area contributed by atoms with Crippen LogP contribution in [0.4, 0.5) is 13.2 Å². The molecule has 10 nitrogen and oxygen atoms in total. The molecule has 0 aromatic heterocycles. The molecule has 1 aliphatic rings. The van der Waals surface area contributed by atoms with E-state index in [0.29, 0.717) is 37.0 Å². The van der Waals surface area contributed by atoms with Gasteiger partial charge in [-0.15, -0.1) is 10.1 Å². The van der Waals surface area contributed by atoms with Crippen LogP contribution < -0.4 is 9.47 Å². The minimum atomic E-state index is -4.50. The van der Waals surface area contributed by atoms with Gasteiger partial charge in [0.05, 0.1) is 23.9 Å². The van der Waals surface area contributed by atoms with Gasteiger partial charge in [-0.2, -0.15) is 13.2 Å². The second-order valence-electron chi connectivity index (χ2n) is 10.5. The Balaban J connectivity index is 1.36. The SMILES string of the molecule is O=C(CCCC=CC[C@@H]1[C@@H](CC[C@@H](O)COc2cccc(C(F)(F)F)c2)[C@H](O)C[C@@H]1O)Oc1ccc(CO[N+](=O)[O-])cc1. The molecule has 0 unspecified atom stereocenters. The fourth-order valence-electron chi connectivity index (χ4n) is 5.03. The van der Waals surface area contributed by atoms with Gasteiger partial charge in [-0.3, -0.25) is 4.79 Å². The number of rotatable bonds is 16. The summed E-state index contributed by atoms with van der Waals surface area (Å²) in [7, 11) is 0. The highest BCUT2D eigenvalue weighted by Gasteiger charge is 2.40. The maximum atomic E-state index is 12.9. The molecule has 0 spiro atoms. The van der Waals surface area contributed by atoms with Crippen LogP contribution in [0.15, 0.2) is 60.7 Å². The molecule has 236 valence electrons. The maximum absolute atomic E-state index is 12.9. The average molecular weight is 612 g/mol. The third-order valence-electron chi connectivity index (χ3n) is 7.28. The molecule has 0 bridgehead atoms. The number of nitrogens with zero attached hydrogens (tertiary/aromatic N) is 1. The number of benzene rings is 2. The Kier molecular flexibility index (Phi) is 12.8. The first kappa shape index (κ1) is 33.8. The van der Waals surface area contributed by atoms with Gasteiger partial charge in [-0.05, 0) is 86.3 Å². The van der Waals surface area contributed by atoms with Gasteiger partial charge in [-0.25, -0.2) is 0 Å². The van der Waals surface area contributed by atoms with Gasteiger partial charge in [0.2, 0.25) is 0 Å². The molecule has 2 aromatic rings. The number of alkyl halides is 3. The summed E-state index contributed by atoms with van der Waals surface area (Å²) in [6.07, 6.45) is -0.479. The molecule has 3 N–H and O–H groups in total. The highest BCUT2D eigenvalue weighted by Crippen LogP contribution is 2.38. The first-order valence-corrected chi connectivity index (χ1v) is 14.0. The predicted molar refractivity (Wildman–Crippen MR) is 147 cm³/mol. The normalized spacial score (nSPS) is 21.1. The van der Waals surface area contributed by atoms with Crippen molar-refractivity contribution in [2.75, 3.05) is 6.61 Å². The lowest BCUT2D eigenvalue weighted by atomic mass is 9.86. The van der Waals surface area contributed by atoms with Gasteiger partial charge in [0.25, 0.3) is 5.09 Å². The van der Waals surface area contributed by atoms with E-state index in [2.05, 4.69) is 4.84 Å². The second-order valence-corrected chi connectivity index (χ2v) is 10.5. The van der Waals surface area contributed by atoms with Crippen LogP contribution in [0, 0.1) is 22.0 Å². The van der Waals surface area contributed by atoms with Crippen LogP contribution in [0.1, 0.15) is 56.1 Å². The van der Waals surface area contributed by atoms with Crippen molar-refractivity contribution in [2.45, 2.75) is 76.0 Å². The number of hydrogen-bond acceptors (Lipinski definition) is 9. The van der Waals surface area contributed by atoms with Crippen molar-refractivity contribution >= 4 is 5.97 Å². The largest absolute Gasteiger partial charge is 0.491 e. The standard InChI is InChI=1S/C30H36F3NO9/c31-30(32,33)21-6-5-7-24(16-21)41-19-22(35)12-15-26-25(27(36)17-28(26)37)8-3-1-2-4-9-29(38)43-23-13-10-20(11-14-23)18-42-34(39)40/h1,3,5-7,10-11,13-14,16,22,25-28,35-37H,2,4,8-9,12,15,17-19H2/t22-,25-,26-,27+,28-/m1/s1. The highest BCUT2D eigenvalue weighted by molar-refractivity contribution is 5.72. The van der Waals surface area contributed by atoms with Gasteiger partial charge < -0.3 is 29.6 Å². The summed E-state index contributed by atoms with van der Waals surface area (Å²) in [6.45, 7) is -0.404. The molecule has 0 aliphatic heterocycles. The summed E-state index contributed by atoms with van der Waals surface area (Å²) in [5.74, 6) is -0.606. The minimum Gasteiger partial charge on any atom is -0.491 e. The number of halogens is 3. The second kappa shape index (κ2) is 16.2. The molecule has 43 heavy (non-hydrogen) atoms. The van der Waals surface area contributed by atoms with E-state index >= 15 is 0 Å². The number of ether oxygens (including phenoxy) is 2. The third-order valence-corrected chi connectivity index (χ3v) is 7.28. The van der Waals surface area contributed by atoms with E-state index in [1.54, 1.807) is 12.1 Å². The van der Waals surface area contributed by atoms with E-state index < -0.39 is 41.1 Å². The van der Waals surface area contributed by atoms with E-state index in [1.807, 2.05) is 12.2 Å². The fourth-order valence-corrected chi connectivity index (χ4v) is 5.03. The van der Waals surface area contributed by atoms with Crippen molar-refractivity contribution in [3.05, 3.63) is 81.9 Å². The van der Waals surface area contributed by atoms with Crippen molar-refractivity contribution in [3.63, 3.8) is 0 Å². The number of carbonyl (C=O) groups excluding carboxylic acids is 1. The number of aliphatic hydroxyl groups excluding tert-OH is 3. The molecule has 1 aliphatic carbocycles. The Morgan fingerprint density at radius 3 is 2.49 bits per heavy atom. The van der Waals surface area contributed by atoms with Gasteiger partial charge in [0, 0.05) is 6.42 Å². The first-order valence-electron chi connectivity index (χ1n) is 14.0. The number of carbonyl (C=O) groups is 1. The quantitative estimate of drug-likeness (QED) is 0.0595. The van der Waals surface area contributed by atoms with Crippen molar-refractivity contribution in [1.82, 2.24) is 0 Å². The fraction of sp³-hybridized carbons (Fsp3) is 0.500. The van der Waals surface area contributed by atoms with Crippen molar-refractivity contribution in [2.24, 2.45) is 11.8 Å². The summed E-state index contributed by atoms with van der Waals surface area (Å²) in [4.78, 5) is 26.6. The molecule has 0 amide bonds. The van der Waals surface area contributed by atoms with Crippen molar-refractivity contribution in [1.29, 1.82) is 0 Å². The maximum Gasteiger partial charge on any atom is 0.416 e. The molecule has 0 heterocycles. The first-order chi connectivity index (χ1) is 20.4. The van der Waals surface area contributed by atoms with E-state index in [1.165, 1.54) is 24.3 Å². The monoisotopic (exact) mass is 611 g/mol. The van der Waals surface area contributed by atoms with Gasteiger partial charge in [0.1, 0.15) is 24.7 Å². The molecule has 2 aromatic carbocycles. The lowest BCUT2D eigenvalue weighted by Crippen LogP contribution is -2.25. The van der Waals surface area contributed by atoms with Crippen LogP contribution in [-0.2, 0) is 22.4 Å². The van der Waals surface area contributed by atoms with E-state index in [4.69, 9.17) is 9.47 Å². The summed E-state index contributed by atoms with van der Waals surface area (Å²) in [5.41, 5.74) is -0.284. The van der Waals surface area contributed by atoms with Gasteiger partial charge >= 0.3 is 12.1 Å². The van der Waals surface area contributed by atoms with E-state index in [-0.39, 0.29) is 50.1 Å². The molecule has 0 radical (unpaired) electrons. The molecule has 1 fully saturated rings. The smallest absolute Gasteiger partial charge is 0.416 e. The Hall–Kier alpha value is -3.68. The molecular formula is C30H36F3NO9. The van der Waals surface area contributed by atoms with Crippen molar-refractivity contribution < 1.29 is 52.7 Å². The van der Waals surface area contributed by atoms with Crippen LogP contribution in [0.3, 0.4) is 0 Å². The Labute approximate surface area is 246 Å². The van der Waals surface area contributed by atoms with Crippen molar-refractivity contribution in [3.8, 4) is 11.5 Å². The molecule has 0 saturated heterocycles.